The fourth-order valence-corrected chi connectivity index (χ4v) is 7.18. The molecule has 4 bridgehead atoms. The smallest absolute Gasteiger partial charge is 0.237 e. The van der Waals surface area contributed by atoms with Crippen molar-refractivity contribution < 1.29 is 9.90 Å². The maximum atomic E-state index is 13.3. The Balaban J connectivity index is 1.43. The van der Waals surface area contributed by atoms with Gasteiger partial charge in [-0.05, 0) is 68.8 Å². The molecular formula is C24H31N3O2. The van der Waals surface area contributed by atoms with Gasteiger partial charge >= 0.3 is 0 Å². The molecule has 1 N–H and O–H groups in total. The van der Waals surface area contributed by atoms with E-state index >= 15 is 0 Å². The number of aliphatic hydroxyl groups is 1. The van der Waals surface area contributed by atoms with Crippen molar-refractivity contribution in [1.29, 1.82) is 5.26 Å². The summed E-state index contributed by atoms with van der Waals surface area (Å²) in [7, 11) is 0. The molecular weight excluding hydrogens is 362 g/mol. The molecule has 0 aromatic heterocycles. The number of hydrogen-bond donors (Lipinski definition) is 1. The lowest BCUT2D eigenvalue weighted by atomic mass is 9.50. The van der Waals surface area contributed by atoms with Crippen LogP contribution in [0.2, 0.25) is 0 Å². The number of likely N-dealkylation sites (tertiary alicyclic amines) is 1. The normalized spacial score (nSPS) is 37.8. The fraction of sp³-hybridized carbons (Fsp3) is 0.667. The van der Waals surface area contributed by atoms with Crippen LogP contribution in [-0.2, 0) is 11.3 Å². The van der Waals surface area contributed by atoms with Crippen LogP contribution in [0.4, 0.5) is 0 Å². The second-order valence-corrected chi connectivity index (χ2v) is 10.1. The largest absolute Gasteiger partial charge is 0.390 e. The number of carbonyl (C=O) groups is 1. The second kappa shape index (κ2) is 7.11. The average Bonchev–Trinajstić information content (AvgIpc) is 3.15. The van der Waals surface area contributed by atoms with Crippen molar-refractivity contribution >= 4 is 5.91 Å². The molecule has 29 heavy (non-hydrogen) atoms. The van der Waals surface area contributed by atoms with Crippen molar-refractivity contribution in [2.24, 2.45) is 11.8 Å². The Morgan fingerprint density at radius 1 is 1.21 bits per heavy atom. The highest BCUT2D eigenvalue weighted by molar-refractivity contribution is 5.79. The first-order chi connectivity index (χ1) is 14.0. The number of nitriles is 1. The first-order valence-electron chi connectivity index (χ1n) is 11.2. The van der Waals surface area contributed by atoms with Gasteiger partial charge in [0.2, 0.25) is 5.91 Å². The molecule has 0 radical (unpaired) electrons. The van der Waals surface area contributed by atoms with Gasteiger partial charge in [0.15, 0.2) is 0 Å². The van der Waals surface area contributed by atoms with Gasteiger partial charge in [0, 0.05) is 18.6 Å². The maximum absolute atomic E-state index is 13.3. The quantitative estimate of drug-likeness (QED) is 0.835. The molecule has 1 heterocycles. The van der Waals surface area contributed by atoms with E-state index in [0.717, 1.165) is 51.5 Å². The second-order valence-electron chi connectivity index (χ2n) is 10.1. The minimum atomic E-state index is -0.551. The molecule has 1 saturated heterocycles. The van der Waals surface area contributed by atoms with Crippen molar-refractivity contribution in [2.75, 3.05) is 13.1 Å². The third kappa shape index (κ3) is 3.47. The van der Waals surface area contributed by atoms with E-state index in [0.29, 0.717) is 24.9 Å². The summed E-state index contributed by atoms with van der Waals surface area (Å²) in [4.78, 5) is 17.4. The predicted molar refractivity (Wildman–Crippen MR) is 110 cm³/mol. The lowest BCUT2D eigenvalue weighted by Crippen LogP contribution is -2.66. The van der Waals surface area contributed by atoms with Gasteiger partial charge in [0.1, 0.15) is 6.04 Å². The summed E-state index contributed by atoms with van der Waals surface area (Å²) >= 11 is 0. The van der Waals surface area contributed by atoms with Gasteiger partial charge in [-0.3, -0.25) is 9.69 Å². The molecule has 0 spiro atoms. The maximum Gasteiger partial charge on any atom is 0.237 e. The van der Waals surface area contributed by atoms with Crippen LogP contribution in [0, 0.1) is 23.2 Å². The van der Waals surface area contributed by atoms with Crippen molar-refractivity contribution in [3.05, 3.63) is 35.9 Å². The van der Waals surface area contributed by atoms with E-state index in [-0.39, 0.29) is 17.5 Å². The molecule has 4 aliphatic carbocycles. The zero-order valence-electron chi connectivity index (χ0n) is 17.1. The highest BCUT2D eigenvalue weighted by atomic mass is 16.3. The summed E-state index contributed by atoms with van der Waals surface area (Å²) in [6.07, 6.45) is 7.77. The van der Waals surface area contributed by atoms with Crippen LogP contribution in [0.25, 0.3) is 0 Å². The third-order valence-corrected chi connectivity index (χ3v) is 7.93. The van der Waals surface area contributed by atoms with E-state index in [4.69, 9.17) is 0 Å². The molecule has 5 fully saturated rings. The van der Waals surface area contributed by atoms with E-state index < -0.39 is 5.60 Å². The summed E-state index contributed by atoms with van der Waals surface area (Å²) in [6.45, 7) is 1.77. The highest BCUT2D eigenvalue weighted by Crippen LogP contribution is 2.59. The van der Waals surface area contributed by atoms with Gasteiger partial charge in [-0.1, -0.05) is 30.3 Å². The predicted octanol–water partition coefficient (Wildman–Crippen LogP) is 3.09. The summed E-state index contributed by atoms with van der Waals surface area (Å²) in [6, 6.07) is 12.4. The Bertz CT molecular complexity index is 803. The molecule has 5 nitrogen and oxygen atoms in total. The van der Waals surface area contributed by atoms with E-state index in [1.54, 1.807) is 4.90 Å². The number of hydrogen-bond acceptors (Lipinski definition) is 4. The van der Waals surface area contributed by atoms with E-state index in [2.05, 4.69) is 35.2 Å². The Hall–Kier alpha value is -1.90. The number of nitrogens with zero attached hydrogens (tertiary/aromatic N) is 3. The van der Waals surface area contributed by atoms with Crippen LogP contribution >= 0.6 is 0 Å². The lowest BCUT2D eigenvalue weighted by Gasteiger charge is -2.63. The topological polar surface area (TPSA) is 67.6 Å². The first-order valence-corrected chi connectivity index (χ1v) is 11.2. The molecule has 3 atom stereocenters. The number of carbonyl (C=O) groups excluding carboxylic acids is 1. The van der Waals surface area contributed by atoms with Crippen LogP contribution < -0.4 is 0 Å². The molecule has 1 amide bonds. The number of rotatable bonds is 5. The first kappa shape index (κ1) is 19.1. The van der Waals surface area contributed by atoms with Crippen molar-refractivity contribution in [1.82, 2.24) is 9.80 Å². The minimum absolute atomic E-state index is 0.0766. The zero-order valence-corrected chi connectivity index (χ0v) is 17.1. The molecule has 1 aromatic rings. The van der Waals surface area contributed by atoms with Crippen LogP contribution in [0.15, 0.2) is 30.3 Å². The Morgan fingerprint density at radius 2 is 1.93 bits per heavy atom. The molecule has 1 aliphatic heterocycles. The van der Waals surface area contributed by atoms with Gasteiger partial charge in [-0.15, -0.1) is 0 Å². The monoisotopic (exact) mass is 393 g/mol. The average molecular weight is 394 g/mol. The molecule has 3 unspecified atom stereocenters. The zero-order chi connectivity index (χ0) is 20.1. The van der Waals surface area contributed by atoms with Gasteiger partial charge < -0.3 is 10.0 Å². The summed E-state index contributed by atoms with van der Waals surface area (Å²) < 4.78 is 0. The van der Waals surface area contributed by atoms with Gasteiger partial charge in [-0.25, -0.2) is 0 Å². The Kier molecular flexibility index (Phi) is 4.68. The van der Waals surface area contributed by atoms with Gasteiger partial charge in [0.25, 0.3) is 0 Å². The van der Waals surface area contributed by atoms with Gasteiger partial charge in [-0.2, -0.15) is 5.26 Å². The van der Waals surface area contributed by atoms with Crippen LogP contribution in [0.3, 0.4) is 0 Å². The molecule has 154 valence electrons. The minimum Gasteiger partial charge on any atom is -0.390 e. The number of amides is 1. The molecule has 5 aliphatic rings. The van der Waals surface area contributed by atoms with Crippen LogP contribution in [0.5, 0.6) is 0 Å². The molecule has 4 saturated carbocycles. The van der Waals surface area contributed by atoms with Crippen LogP contribution in [0.1, 0.15) is 56.9 Å². The summed E-state index contributed by atoms with van der Waals surface area (Å²) in [5.74, 6) is 1.23. The van der Waals surface area contributed by atoms with E-state index in [9.17, 15) is 15.2 Å². The van der Waals surface area contributed by atoms with Crippen molar-refractivity contribution in [3.63, 3.8) is 0 Å². The highest BCUT2D eigenvalue weighted by Gasteiger charge is 2.59. The lowest BCUT2D eigenvalue weighted by molar-refractivity contribution is -0.180. The molecule has 1 aromatic carbocycles. The summed E-state index contributed by atoms with van der Waals surface area (Å²) in [5.41, 5.74) is 0.568. The number of benzene rings is 1. The van der Waals surface area contributed by atoms with Crippen molar-refractivity contribution in [2.45, 2.75) is 75.1 Å². The third-order valence-electron chi connectivity index (χ3n) is 7.93. The molecule has 5 heteroatoms. The Labute approximate surface area is 173 Å². The standard InChI is InChI=1S/C24H31N3O2/c25-14-21-7-4-8-27(21)22(28)16-26(15-18-5-2-1-3-6-18)23-10-19-9-20(11-23)13-24(29,12-19)17-23/h1-3,5-6,19-21,29H,4,7-13,15-17H2. The van der Waals surface area contributed by atoms with E-state index in [1.807, 2.05) is 6.07 Å². The summed E-state index contributed by atoms with van der Waals surface area (Å²) in [5, 5.41) is 20.7. The Morgan fingerprint density at radius 3 is 2.59 bits per heavy atom. The van der Waals surface area contributed by atoms with Gasteiger partial charge in [0.05, 0.1) is 18.2 Å². The SMILES string of the molecule is N#CC1CCCN1C(=O)CN(Cc1ccccc1)C12CC3CC(CC(O)(C3)C1)C2. The van der Waals surface area contributed by atoms with Crippen LogP contribution in [-0.4, -0.2) is 51.1 Å². The molecule has 6 rings (SSSR count). The fourth-order valence-electron chi connectivity index (χ4n) is 7.18. The van der Waals surface area contributed by atoms with Crippen molar-refractivity contribution in [3.8, 4) is 6.07 Å². The van der Waals surface area contributed by atoms with E-state index in [1.165, 1.54) is 12.0 Å².